The molecule has 0 unspecified atom stereocenters. The summed E-state index contributed by atoms with van der Waals surface area (Å²) in [6.45, 7) is 1.20. The Hall–Kier alpha value is -1.35. The van der Waals surface area contributed by atoms with Crippen LogP contribution in [0.1, 0.15) is 21.5 Å². The highest BCUT2D eigenvalue weighted by molar-refractivity contribution is 5.93. The predicted molar refractivity (Wildman–Crippen MR) is 48.3 cm³/mol. The van der Waals surface area contributed by atoms with Gasteiger partial charge in [-0.15, -0.1) is 0 Å². The molecule has 0 saturated carbocycles. The Morgan fingerprint density at radius 2 is 2.38 bits per heavy atom. The first-order chi connectivity index (χ1) is 6.31. The molecule has 0 radical (unpaired) electrons. The number of ether oxygens (including phenoxy) is 1. The molecule has 0 saturated heterocycles. The summed E-state index contributed by atoms with van der Waals surface area (Å²) >= 11 is 0. The summed E-state index contributed by atoms with van der Waals surface area (Å²) < 4.78 is 4.90. The number of hydrogen-bond donors (Lipinski definition) is 1. The molecule has 0 amide bonds. The first-order valence-electron chi connectivity index (χ1n) is 4.25. The molecule has 1 aliphatic heterocycles. The number of nitrogens with one attached hydrogen (secondary N) is 1. The number of fused-ring (bicyclic) bond motifs is 1. The second kappa shape index (κ2) is 3.18. The van der Waals surface area contributed by atoms with Gasteiger partial charge in [0.2, 0.25) is 0 Å². The van der Waals surface area contributed by atoms with Crippen LogP contribution in [0.25, 0.3) is 0 Å². The van der Waals surface area contributed by atoms with Crippen LogP contribution in [0, 0.1) is 0 Å². The fourth-order valence-corrected chi connectivity index (χ4v) is 1.47. The van der Waals surface area contributed by atoms with Gasteiger partial charge in [0.15, 0.2) is 0 Å². The van der Waals surface area contributed by atoms with Crippen LogP contribution in [0.15, 0.2) is 18.2 Å². The van der Waals surface area contributed by atoms with Gasteiger partial charge in [0, 0.05) is 12.1 Å². The zero-order valence-corrected chi connectivity index (χ0v) is 7.46. The highest BCUT2D eigenvalue weighted by atomic mass is 16.5. The predicted octanol–water partition coefficient (Wildman–Crippen LogP) is 1.08. The summed E-state index contributed by atoms with van der Waals surface area (Å²) in [5, 5.41) is 3.04. The van der Waals surface area contributed by atoms with E-state index in [1.807, 2.05) is 25.2 Å². The standard InChI is InChI=1S/C10H11NO2/c1-11-5-7-2-3-8-6-13-10(12)9(8)4-7/h2-4,11H,5-6H2,1H3. The van der Waals surface area contributed by atoms with Crippen LogP contribution in [-0.4, -0.2) is 13.0 Å². The molecule has 13 heavy (non-hydrogen) atoms. The Morgan fingerprint density at radius 1 is 1.54 bits per heavy atom. The van der Waals surface area contributed by atoms with E-state index < -0.39 is 0 Å². The van der Waals surface area contributed by atoms with E-state index in [-0.39, 0.29) is 5.97 Å². The Balaban J connectivity index is 2.36. The van der Waals surface area contributed by atoms with Gasteiger partial charge in [-0.05, 0) is 18.7 Å². The molecule has 0 aliphatic carbocycles. The van der Waals surface area contributed by atoms with E-state index in [0.29, 0.717) is 12.2 Å². The zero-order chi connectivity index (χ0) is 9.26. The van der Waals surface area contributed by atoms with Gasteiger partial charge in [-0.2, -0.15) is 0 Å². The summed E-state index contributed by atoms with van der Waals surface area (Å²) in [6, 6.07) is 5.85. The fourth-order valence-electron chi connectivity index (χ4n) is 1.47. The summed E-state index contributed by atoms with van der Waals surface area (Å²) in [5.41, 5.74) is 2.82. The Kier molecular flexibility index (Phi) is 2.02. The highest BCUT2D eigenvalue weighted by Crippen LogP contribution is 2.20. The van der Waals surface area contributed by atoms with Crippen molar-refractivity contribution in [2.24, 2.45) is 0 Å². The number of cyclic esters (lactones) is 1. The molecule has 1 aromatic carbocycles. The second-order valence-corrected chi connectivity index (χ2v) is 3.10. The lowest BCUT2D eigenvalue weighted by atomic mass is 10.1. The average Bonchev–Trinajstić information content (AvgIpc) is 2.49. The van der Waals surface area contributed by atoms with Gasteiger partial charge in [0.25, 0.3) is 0 Å². The molecule has 1 aromatic rings. The van der Waals surface area contributed by atoms with Crippen molar-refractivity contribution in [1.82, 2.24) is 5.32 Å². The smallest absolute Gasteiger partial charge is 0.338 e. The van der Waals surface area contributed by atoms with Gasteiger partial charge in [0.1, 0.15) is 6.61 Å². The molecule has 0 aromatic heterocycles. The van der Waals surface area contributed by atoms with E-state index in [9.17, 15) is 4.79 Å². The Labute approximate surface area is 76.7 Å². The molecule has 68 valence electrons. The van der Waals surface area contributed by atoms with Gasteiger partial charge in [0.05, 0.1) is 5.56 Å². The Morgan fingerprint density at radius 3 is 3.15 bits per heavy atom. The minimum atomic E-state index is -0.201. The molecule has 0 atom stereocenters. The monoisotopic (exact) mass is 177 g/mol. The minimum absolute atomic E-state index is 0.201. The summed E-state index contributed by atoms with van der Waals surface area (Å²) in [5.74, 6) is -0.201. The van der Waals surface area contributed by atoms with E-state index >= 15 is 0 Å². The number of esters is 1. The maximum Gasteiger partial charge on any atom is 0.338 e. The van der Waals surface area contributed by atoms with Crippen LogP contribution >= 0.6 is 0 Å². The molecular formula is C10H11NO2. The lowest BCUT2D eigenvalue weighted by Crippen LogP contribution is -2.06. The lowest BCUT2D eigenvalue weighted by Gasteiger charge is -2.00. The summed E-state index contributed by atoms with van der Waals surface area (Å²) in [4.78, 5) is 11.2. The van der Waals surface area contributed by atoms with E-state index in [1.165, 1.54) is 0 Å². The van der Waals surface area contributed by atoms with E-state index in [0.717, 1.165) is 17.7 Å². The van der Waals surface area contributed by atoms with Crippen LogP contribution in [0.5, 0.6) is 0 Å². The third-order valence-corrected chi connectivity index (χ3v) is 2.13. The molecule has 3 heteroatoms. The largest absolute Gasteiger partial charge is 0.457 e. The van der Waals surface area contributed by atoms with Crippen molar-refractivity contribution in [3.8, 4) is 0 Å². The molecule has 0 spiro atoms. The van der Waals surface area contributed by atoms with Crippen LogP contribution in [0.4, 0.5) is 0 Å². The third kappa shape index (κ3) is 1.42. The first-order valence-corrected chi connectivity index (χ1v) is 4.25. The van der Waals surface area contributed by atoms with Crippen LogP contribution in [-0.2, 0) is 17.9 Å². The van der Waals surface area contributed by atoms with Crippen LogP contribution in [0.3, 0.4) is 0 Å². The van der Waals surface area contributed by atoms with Crippen LogP contribution in [0.2, 0.25) is 0 Å². The SMILES string of the molecule is CNCc1ccc2c(c1)C(=O)OC2. The number of rotatable bonds is 2. The molecule has 1 aliphatic rings. The van der Waals surface area contributed by atoms with Crippen molar-refractivity contribution in [3.05, 3.63) is 34.9 Å². The highest BCUT2D eigenvalue weighted by Gasteiger charge is 2.20. The number of carbonyl (C=O) groups excluding carboxylic acids is 1. The number of hydrogen-bond acceptors (Lipinski definition) is 3. The van der Waals surface area contributed by atoms with Crippen molar-refractivity contribution in [2.75, 3.05) is 7.05 Å². The summed E-state index contributed by atoms with van der Waals surface area (Å²) in [7, 11) is 1.88. The van der Waals surface area contributed by atoms with Gasteiger partial charge < -0.3 is 10.1 Å². The van der Waals surface area contributed by atoms with Gasteiger partial charge in [-0.3, -0.25) is 0 Å². The van der Waals surface area contributed by atoms with Crippen LogP contribution < -0.4 is 5.32 Å². The van der Waals surface area contributed by atoms with E-state index in [1.54, 1.807) is 0 Å². The minimum Gasteiger partial charge on any atom is -0.457 e. The van der Waals surface area contributed by atoms with Crippen molar-refractivity contribution in [1.29, 1.82) is 0 Å². The molecular weight excluding hydrogens is 166 g/mol. The lowest BCUT2D eigenvalue weighted by molar-refractivity contribution is 0.0535. The molecule has 2 rings (SSSR count). The molecule has 1 N–H and O–H groups in total. The van der Waals surface area contributed by atoms with Crippen molar-refractivity contribution in [2.45, 2.75) is 13.2 Å². The van der Waals surface area contributed by atoms with Gasteiger partial charge in [-0.1, -0.05) is 12.1 Å². The zero-order valence-electron chi connectivity index (χ0n) is 7.46. The van der Waals surface area contributed by atoms with Gasteiger partial charge in [-0.25, -0.2) is 4.79 Å². The molecule has 3 nitrogen and oxygen atoms in total. The van der Waals surface area contributed by atoms with Crippen molar-refractivity contribution < 1.29 is 9.53 Å². The third-order valence-electron chi connectivity index (χ3n) is 2.13. The second-order valence-electron chi connectivity index (χ2n) is 3.10. The quantitative estimate of drug-likeness (QED) is 0.687. The number of benzene rings is 1. The maximum absolute atomic E-state index is 11.2. The fraction of sp³-hybridized carbons (Fsp3) is 0.300. The molecule has 1 heterocycles. The van der Waals surface area contributed by atoms with E-state index in [4.69, 9.17) is 4.74 Å². The normalized spacial score (nSPS) is 14.1. The average molecular weight is 177 g/mol. The van der Waals surface area contributed by atoms with E-state index in [2.05, 4.69) is 5.32 Å². The maximum atomic E-state index is 11.2. The first kappa shape index (κ1) is 8.26. The van der Waals surface area contributed by atoms with Gasteiger partial charge >= 0.3 is 5.97 Å². The molecule has 0 bridgehead atoms. The topological polar surface area (TPSA) is 38.3 Å². The molecule has 0 fully saturated rings. The number of carbonyl (C=O) groups is 1. The van der Waals surface area contributed by atoms with Crippen molar-refractivity contribution in [3.63, 3.8) is 0 Å². The summed E-state index contributed by atoms with van der Waals surface area (Å²) in [6.07, 6.45) is 0. The Bertz CT molecular complexity index is 347. The van der Waals surface area contributed by atoms with Crippen molar-refractivity contribution >= 4 is 5.97 Å².